The number of halogens is 1. The van der Waals surface area contributed by atoms with E-state index in [0.717, 1.165) is 31.4 Å². The molecule has 1 aromatic heterocycles. The van der Waals surface area contributed by atoms with Crippen molar-refractivity contribution in [3.63, 3.8) is 0 Å². The normalized spacial score (nSPS) is 11.8. The molecule has 1 heterocycles. The van der Waals surface area contributed by atoms with Crippen LogP contribution in [0.2, 0.25) is 5.02 Å². The van der Waals surface area contributed by atoms with E-state index in [1.807, 2.05) is 73.3 Å². The maximum absolute atomic E-state index is 13.9. The zero-order valence-electron chi connectivity index (χ0n) is 23.4. The lowest BCUT2D eigenvalue weighted by Gasteiger charge is -2.32. The third-order valence-corrected chi connectivity index (χ3v) is 7.13. The first-order chi connectivity index (χ1) is 19.5. The average molecular weight is 561 g/mol. The minimum absolute atomic E-state index is 0.181. The smallest absolute Gasteiger partial charge is 0.322 e. The summed E-state index contributed by atoms with van der Waals surface area (Å²) < 4.78 is 7.16. The van der Waals surface area contributed by atoms with Crippen LogP contribution in [0.3, 0.4) is 0 Å². The molecule has 2 amide bonds. The van der Waals surface area contributed by atoms with Gasteiger partial charge in [0.25, 0.3) is 5.56 Å². The molecule has 1 unspecified atom stereocenters. The molecular weight excluding hydrogens is 524 g/mol. The van der Waals surface area contributed by atoms with E-state index < -0.39 is 6.04 Å². The van der Waals surface area contributed by atoms with Gasteiger partial charge < -0.3 is 15.0 Å². The average Bonchev–Trinajstić information content (AvgIpc) is 2.96. The molecule has 0 bridgehead atoms. The summed E-state index contributed by atoms with van der Waals surface area (Å²) >= 11 is 6.17. The number of unbranched alkanes of at least 4 members (excludes halogenated alkanes) is 3. The van der Waals surface area contributed by atoms with Crippen molar-refractivity contribution in [2.24, 2.45) is 0 Å². The largest absolute Gasteiger partial charge is 0.494 e. The van der Waals surface area contributed by atoms with Crippen LogP contribution in [0.4, 0.5) is 10.5 Å². The molecule has 1 atom stereocenters. The Morgan fingerprint density at radius 1 is 0.975 bits per heavy atom. The number of amides is 2. The number of carbonyl (C=O) groups excluding carboxylic acids is 1. The van der Waals surface area contributed by atoms with Gasteiger partial charge in [-0.15, -0.1) is 0 Å². The maximum atomic E-state index is 13.9. The Kier molecular flexibility index (Phi) is 10.2. The highest BCUT2D eigenvalue weighted by Crippen LogP contribution is 2.28. The Hall–Kier alpha value is -3.84. The summed E-state index contributed by atoms with van der Waals surface area (Å²) in [5, 5.41) is 4.15. The third kappa shape index (κ3) is 6.83. The molecule has 40 heavy (non-hydrogen) atoms. The molecular formula is C32H37ClN4O3. The molecule has 4 rings (SSSR count). The Morgan fingerprint density at radius 2 is 1.70 bits per heavy atom. The van der Waals surface area contributed by atoms with Crippen molar-refractivity contribution in [2.75, 3.05) is 18.5 Å². The van der Waals surface area contributed by atoms with Gasteiger partial charge in [-0.1, -0.05) is 56.8 Å². The number of urea groups is 1. The van der Waals surface area contributed by atoms with E-state index in [1.165, 1.54) is 0 Å². The van der Waals surface area contributed by atoms with Crippen molar-refractivity contribution in [2.45, 2.75) is 58.9 Å². The minimum Gasteiger partial charge on any atom is -0.494 e. The number of hydrogen-bond donors (Lipinski definition) is 1. The van der Waals surface area contributed by atoms with Gasteiger partial charge in [0.2, 0.25) is 0 Å². The number of rotatable bonds is 12. The molecule has 3 aromatic carbocycles. The topological polar surface area (TPSA) is 76.5 Å². The summed E-state index contributed by atoms with van der Waals surface area (Å²) in [5.41, 5.74) is 1.74. The van der Waals surface area contributed by atoms with Crippen molar-refractivity contribution in [3.05, 3.63) is 94.0 Å². The van der Waals surface area contributed by atoms with Crippen LogP contribution in [0.1, 0.15) is 64.7 Å². The monoisotopic (exact) mass is 560 g/mol. The number of benzene rings is 3. The van der Waals surface area contributed by atoms with Crippen LogP contribution in [0.5, 0.6) is 5.75 Å². The molecule has 0 fully saturated rings. The molecule has 0 aliphatic rings. The lowest BCUT2D eigenvalue weighted by Crippen LogP contribution is -2.41. The highest BCUT2D eigenvalue weighted by atomic mass is 35.5. The van der Waals surface area contributed by atoms with E-state index in [1.54, 1.807) is 22.8 Å². The molecule has 0 radical (unpaired) electrons. The van der Waals surface area contributed by atoms with Gasteiger partial charge in [-0.25, -0.2) is 9.78 Å². The van der Waals surface area contributed by atoms with Gasteiger partial charge in [-0.2, -0.15) is 0 Å². The van der Waals surface area contributed by atoms with E-state index in [2.05, 4.69) is 12.2 Å². The Balaban J connectivity index is 1.78. The Labute approximate surface area is 240 Å². The molecule has 0 saturated heterocycles. The first-order valence-electron chi connectivity index (χ1n) is 14.0. The number of para-hydroxylation sites is 1. The van der Waals surface area contributed by atoms with Crippen LogP contribution in [0.25, 0.3) is 16.6 Å². The van der Waals surface area contributed by atoms with Gasteiger partial charge in [-0.3, -0.25) is 9.36 Å². The van der Waals surface area contributed by atoms with Crippen LogP contribution in [-0.4, -0.2) is 33.6 Å². The van der Waals surface area contributed by atoms with E-state index in [0.29, 0.717) is 52.7 Å². The second-order valence-corrected chi connectivity index (χ2v) is 10.1. The molecule has 0 aliphatic heterocycles. The molecule has 7 nitrogen and oxygen atoms in total. The predicted molar refractivity (Wildman–Crippen MR) is 163 cm³/mol. The molecule has 4 aromatic rings. The van der Waals surface area contributed by atoms with E-state index in [4.69, 9.17) is 21.3 Å². The summed E-state index contributed by atoms with van der Waals surface area (Å²) in [6, 6.07) is 21.1. The molecule has 8 heteroatoms. The van der Waals surface area contributed by atoms with Gasteiger partial charge >= 0.3 is 6.03 Å². The third-order valence-electron chi connectivity index (χ3n) is 6.88. The number of aromatic nitrogens is 2. The van der Waals surface area contributed by atoms with Crippen LogP contribution in [0, 0.1) is 0 Å². The first kappa shape index (κ1) is 29.2. The maximum Gasteiger partial charge on any atom is 0.322 e. The van der Waals surface area contributed by atoms with Crippen molar-refractivity contribution in [1.82, 2.24) is 14.5 Å². The molecule has 0 aliphatic carbocycles. The molecule has 0 spiro atoms. The van der Waals surface area contributed by atoms with Crippen molar-refractivity contribution in [3.8, 4) is 11.4 Å². The van der Waals surface area contributed by atoms with Crippen LogP contribution in [-0.2, 0) is 0 Å². The zero-order chi connectivity index (χ0) is 28.5. The standard InChI is InChI=1S/C32H37ClN4O3/c1-4-7-8-11-22-36(32(39)34-24-16-20-26(21-17-24)40-6-3)29(5-2)30-35-28-13-10-9-12-27(28)31(38)37(30)25-18-14-23(33)15-19-25/h9-10,12-21,29H,4-8,11,22H2,1-3H3,(H,34,39). The molecule has 210 valence electrons. The van der Waals surface area contributed by atoms with Crippen LogP contribution in [0.15, 0.2) is 77.6 Å². The zero-order valence-corrected chi connectivity index (χ0v) is 24.2. The summed E-state index contributed by atoms with van der Waals surface area (Å²) in [7, 11) is 0. The van der Waals surface area contributed by atoms with Gasteiger partial charge in [0.05, 0.1) is 29.2 Å². The summed E-state index contributed by atoms with van der Waals surface area (Å²) in [6.45, 7) is 7.21. The van der Waals surface area contributed by atoms with Crippen molar-refractivity contribution >= 4 is 34.2 Å². The summed E-state index contributed by atoms with van der Waals surface area (Å²) in [4.78, 5) is 34.5. The van der Waals surface area contributed by atoms with Crippen molar-refractivity contribution in [1.29, 1.82) is 0 Å². The number of nitrogens with zero attached hydrogens (tertiary/aromatic N) is 3. The van der Waals surface area contributed by atoms with Crippen LogP contribution >= 0.6 is 11.6 Å². The molecule has 1 N–H and O–H groups in total. The second-order valence-electron chi connectivity index (χ2n) is 9.67. The number of fused-ring (bicyclic) bond motifs is 1. The quantitative estimate of drug-likeness (QED) is 0.178. The first-order valence-corrected chi connectivity index (χ1v) is 14.4. The van der Waals surface area contributed by atoms with Gasteiger partial charge in [0.15, 0.2) is 0 Å². The Bertz CT molecular complexity index is 1470. The second kappa shape index (κ2) is 14.0. The summed E-state index contributed by atoms with van der Waals surface area (Å²) in [5.74, 6) is 1.27. The number of nitrogens with one attached hydrogen (secondary N) is 1. The predicted octanol–water partition coefficient (Wildman–Crippen LogP) is 8.00. The highest BCUT2D eigenvalue weighted by Gasteiger charge is 2.29. The number of anilines is 1. The number of carbonyl (C=O) groups is 1. The van der Waals surface area contributed by atoms with Crippen LogP contribution < -0.4 is 15.6 Å². The van der Waals surface area contributed by atoms with Gasteiger partial charge in [-0.05, 0) is 80.4 Å². The fourth-order valence-electron chi connectivity index (χ4n) is 4.86. The fraction of sp³-hybridized carbons (Fsp3) is 0.344. The highest BCUT2D eigenvalue weighted by molar-refractivity contribution is 6.30. The van der Waals surface area contributed by atoms with Crippen molar-refractivity contribution < 1.29 is 9.53 Å². The van der Waals surface area contributed by atoms with E-state index in [-0.39, 0.29) is 11.6 Å². The lowest BCUT2D eigenvalue weighted by molar-refractivity contribution is 0.179. The van der Waals surface area contributed by atoms with E-state index in [9.17, 15) is 9.59 Å². The SMILES string of the molecule is CCCCCCN(C(=O)Nc1ccc(OCC)cc1)C(CC)c1nc2ccccc2c(=O)n1-c1ccc(Cl)cc1. The number of ether oxygens (including phenoxy) is 1. The summed E-state index contributed by atoms with van der Waals surface area (Å²) in [6.07, 6.45) is 4.62. The molecule has 0 saturated carbocycles. The van der Waals surface area contributed by atoms with Gasteiger partial charge in [0, 0.05) is 17.3 Å². The van der Waals surface area contributed by atoms with Gasteiger partial charge in [0.1, 0.15) is 11.6 Å². The lowest BCUT2D eigenvalue weighted by atomic mass is 10.1. The minimum atomic E-state index is -0.447. The fourth-order valence-corrected chi connectivity index (χ4v) is 4.99. The van der Waals surface area contributed by atoms with E-state index >= 15 is 0 Å². The Morgan fingerprint density at radius 3 is 2.38 bits per heavy atom. The number of hydrogen-bond acceptors (Lipinski definition) is 4.